The Kier molecular flexibility index (Phi) is 2.93. The zero-order valence-electron chi connectivity index (χ0n) is 3.32. The Bertz CT molecular complexity index is 42.2. The predicted octanol–water partition coefficient (Wildman–Crippen LogP) is 0.285. The van der Waals surface area contributed by atoms with E-state index in [1.807, 2.05) is 4.97 Å². The van der Waals surface area contributed by atoms with Crippen molar-refractivity contribution in [3.8, 4) is 0 Å². The van der Waals surface area contributed by atoms with Crippen LogP contribution >= 0.6 is 0 Å². The van der Waals surface area contributed by atoms with Crippen LogP contribution in [-0.4, -0.2) is 24.8 Å². The van der Waals surface area contributed by atoms with Gasteiger partial charge in [-0.2, -0.15) is 0 Å². The van der Waals surface area contributed by atoms with Gasteiger partial charge in [0.2, 0.25) is 0 Å². The summed E-state index contributed by atoms with van der Waals surface area (Å²) in [7, 11) is 0. The molecule has 0 atom stereocenters. The molecule has 0 aromatic carbocycles. The van der Waals surface area contributed by atoms with Crippen LogP contribution in [0.5, 0.6) is 0 Å². The van der Waals surface area contributed by atoms with Gasteiger partial charge in [-0.05, 0) is 0 Å². The average Bonchev–Trinajstić information content (AvgIpc) is 1.38. The SMILES string of the molecule is C[Te]C(C)=O. The normalized spacial score (nSPS) is 7.60. The number of rotatable bonds is 1. The summed E-state index contributed by atoms with van der Waals surface area (Å²) in [6, 6.07) is 0. The van der Waals surface area contributed by atoms with Crippen LogP contribution in [0.1, 0.15) is 6.92 Å². The Morgan fingerprint density at radius 3 is 2.00 bits per heavy atom. The fourth-order valence-electron chi connectivity index (χ4n) is 0. The number of hydrogen-bond donors (Lipinski definition) is 0. The second-order valence-electron chi connectivity index (χ2n) is 0.696. The molecule has 0 bridgehead atoms. The van der Waals surface area contributed by atoms with Crippen LogP contribution in [0.2, 0.25) is 4.97 Å². The Morgan fingerprint density at radius 1 is 1.80 bits per heavy atom. The van der Waals surface area contributed by atoms with E-state index in [9.17, 15) is 4.79 Å². The second-order valence-corrected chi connectivity index (χ2v) is 3.50. The van der Waals surface area contributed by atoms with Gasteiger partial charge < -0.3 is 0 Å². The van der Waals surface area contributed by atoms with Gasteiger partial charge in [0.05, 0.1) is 0 Å². The molecule has 0 fully saturated rings. The van der Waals surface area contributed by atoms with Crippen molar-refractivity contribution in [2.24, 2.45) is 0 Å². The van der Waals surface area contributed by atoms with Crippen LogP contribution in [0.3, 0.4) is 0 Å². The van der Waals surface area contributed by atoms with Crippen LogP contribution in [0.15, 0.2) is 0 Å². The zero-order valence-corrected chi connectivity index (χ0v) is 5.65. The van der Waals surface area contributed by atoms with E-state index in [1.165, 1.54) is 0 Å². The maximum atomic E-state index is 9.87. The van der Waals surface area contributed by atoms with Crippen LogP contribution < -0.4 is 0 Å². The molecule has 0 rings (SSSR count). The van der Waals surface area contributed by atoms with E-state index in [4.69, 9.17) is 0 Å². The van der Waals surface area contributed by atoms with Gasteiger partial charge in [0.15, 0.2) is 0 Å². The number of carbonyl (C=O) groups excluding carboxylic acids is 1. The molecule has 0 saturated carbocycles. The molecule has 0 spiro atoms. The summed E-state index contributed by atoms with van der Waals surface area (Å²) < 4.78 is 0.385. The summed E-state index contributed by atoms with van der Waals surface area (Å²) in [5, 5.41) is 0. The molecule has 0 aliphatic heterocycles. The summed E-state index contributed by atoms with van der Waals surface area (Å²) in [5.41, 5.74) is 0. The Balaban J connectivity index is 2.85. The third-order valence-corrected chi connectivity index (χ3v) is 1.93. The minimum absolute atomic E-state index is 0.229. The van der Waals surface area contributed by atoms with Crippen molar-refractivity contribution in [2.45, 2.75) is 11.9 Å². The molecular weight excluding hydrogens is 180 g/mol. The van der Waals surface area contributed by atoms with E-state index in [1.54, 1.807) is 6.92 Å². The third-order valence-electron chi connectivity index (χ3n) is 0.287. The quantitative estimate of drug-likeness (QED) is 0.537. The number of carbonyl (C=O) groups is 1. The molecule has 1 nitrogen and oxygen atoms in total. The van der Waals surface area contributed by atoms with Crippen LogP contribution in [0.4, 0.5) is 0 Å². The van der Waals surface area contributed by atoms with Crippen LogP contribution in [-0.2, 0) is 4.79 Å². The van der Waals surface area contributed by atoms with Crippen molar-refractivity contribution in [1.29, 1.82) is 0 Å². The van der Waals surface area contributed by atoms with Gasteiger partial charge in [-0.25, -0.2) is 0 Å². The first-order valence-corrected chi connectivity index (χ1v) is 4.81. The van der Waals surface area contributed by atoms with E-state index in [2.05, 4.69) is 0 Å². The average molecular weight is 186 g/mol. The van der Waals surface area contributed by atoms with Crippen molar-refractivity contribution in [3.05, 3.63) is 0 Å². The Morgan fingerprint density at radius 2 is 2.00 bits per heavy atom. The van der Waals surface area contributed by atoms with Gasteiger partial charge in [0.25, 0.3) is 0 Å². The molecule has 0 heterocycles. The molecule has 5 heavy (non-hydrogen) atoms. The third kappa shape index (κ3) is 4.46. The van der Waals surface area contributed by atoms with Crippen molar-refractivity contribution in [3.63, 3.8) is 0 Å². The van der Waals surface area contributed by atoms with E-state index >= 15 is 0 Å². The molecule has 0 unspecified atom stereocenters. The van der Waals surface area contributed by atoms with Crippen molar-refractivity contribution in [1.82, 2.24) is 0 Å². The molecule has 0 aromatic heterocycles. The second kappa shape index (κ2) is 2.68. The van der Waals surface area contributed by atoms with Gasteiger partial charge in [-0.3, -0.25) is 0 Å². The topological polar surface area (TPSA) is 17.1 Å². The van der Waals surface area contributed by atoms with Crippen molar-refractivity contribution < 1.29 is 4.79 Å². The Hall–Kier alpha value is 0.460. The molecule has 0 aliphatic rings. The first-order valence-electron chi connectivity index (χ1n) is 1.32. The number of hydrogen-bond acceptors (Lipinski definition) is 1. The first kappa shape index (κ1) is 5.46. The molecule has 0 radical (unpaired) electrons. The first-order chi connectivity index (χ1) is 2.27. The summed E-state index contributed by atoms with van der Waals surface area (Å²) in [4.78, 5) is 11.8. The minimum atomic E-state index is -0.229. The molecular formula is C3H6OTe. The molecule has 0 amide bonds. The van der Waals surface area contributed by atoms with Gasteiger partial charge in [-0.15, -0.1) is 0 Å². The standard InChI is InChI=1S/C3H6OTe/c1-3(4)5-2/h1-2H3. The fourth-order valence-corrected chi connectivity index (χ4v) is 0. The predicted molar refractivity (Wildman–Crippen MR) is 22.3 cm³/mol. The molecule has 0 aliphatic carbocycles. The molecule has 0 saturated heterocycles. The van der Waals surface area contributed by atoms with Gasteiger partial charge in [0, 0.05) is 0 Å². The maximum absolute atomic E-state index is 9.87. The van der Waals surface area contributed by atoms with E-state index in [-0.39, 0.29) is 20.9 Å². The monoisotopic (exact) mass is 188 g/mol. The van der Waals surface area contributed by atoms with Gasteiger partial charge in [-0.1, -0.05) is 0 Å². The molecule has 0 N–H and O–H groups in total. The Labute approximate surface area is 41.8 Å². The molecule has 30 valence electrons. The van der Waals surface area contributed by atoms with Gasteiger partial charge in [0.1, 0.15) is 0 Å². The fraction of sp³-hybridized carbons (Fsp3) is 0.667. The van der Waals surface area contributed by atoms with Crippen molar-refractivity contribution >= 4 is 24.8 Å². The van der Waals surface area contributed by atoms with E-state index in [0.717, 1.165) is 0 Å². The molecule has 0 aromatic rings. The van der Waals surface area contributed by atoms with E-state index < -0.39 is 0 Å². The van der Waals surface area contributed by atoms with Gasteiger partial charge >= 0.3 is 41.4 Å². The zero-order chi connectivity index (χ0) is 4.28. The summed E-state index contributed by atoms with van der Waals surface area (Å²) >= 11 is -0.229. The van der Waals surface area contributed by atoms with E-state index in [0.29, 0.717) is 3.83 Å². The van der Waals surface area contributed by atoms with Crippen molar-refractivity contribution in [2.75, 3.05) is 0 Å². The summed E-state index contributed by atoms with van der Waals surface area (Å²) in [6.07, 6.45) is 0. The summed E-state index contributed by atoms with van der Waals surface area (Å²) in [5.74, 6) is 0. The van der Waals surface area contributed by atoms with Crippen LogP contribution in [0, 0.1) is 0 Å². The summed E-state index contributed by atoms with van der Waals surface area (Å²) in [6.45, 7) is 1.64. The molecule has 2 heteroatoms. The van der Waals surface area contributed by atoms with Crippen LogP contribution in [0.25, 0.3) is 0 Å².